The molecule has 1 aromatic heterocycles. The molecule has 0 spiro atoms. The van der Waals surface area contributed by atoms with Gasteiger partial charge in [0.15, 0.2) is 0 Å². The highest BCUT2D eigenvalue weighted by Crippen LogP contribution is 2.34. The van der Waals surface area contributed by atoms with E-state index in [1.54, 1.807) is 23.3 Å². The molecule has 2 heterocycles. The molecule has 0 saturated carbocycles. The van der Waals surface area contributed by atoms with Crippen molar-refractivity contribution in [2.24, 2.45) is 0 Å². The highest BCUT2D eigenvalue weighted by molar-refractivity contribution is 8.00. The second kappa shape index (κ2) is 9.11. The van der Waals surface area contributed by atoms with Gasteiger partial charge in [-0.2, -0.15) is 0 Å². The predicted octanol–water partition coefficient (Wildman–Crippen LogP) is 6.64. The van der Waals surface area contributed by atoms with Gasteiger partial charge in [-0.1, -0.05) is 54.4 Å². The highest BCUT2D eigenvalue weighted by Gasteiger charge is 2.24. The fourth-order valence-corrected chi connectivity index (χ4v) is 5.06. The number of anilines is 1. The zero-order valence-electron chi connectivity index (χ0n) is 15.0. The average Bonchev–Trinajstić information content (AvgIpc) is 3.23. The number of thiazole rings is 1. The first kappa shape index (κ1) is 18.8. The SMILES string of the molecule is Clc1cc(SNc2cscn2)ccc1CN1CCCCC1c1ccccc1. The van der Waals surface area contributed by atoms with Crippen LogP contribution in [0.2, 0.25) is 5.02 Å². The number of hydrogen-bond donors (Lipinski definition) is 1. The van der Waals surface area contributed by atoms with Crippen LogP contribution in [0, 0.1) is 0 Å². The number of benzene rings is 2. The van der Waals surface area contributed by atoms with E-state index in [1.807, 2.05) is 17.0 Å². The van der Waals surface area contributed by atoms with E-state index in [-0.39, 0.29) is 0 Å². The lowest BCUT2D eigenvalue weighted by molar-refractivity contribution is 0.140. The Bertz CT molecular complexity index is 855. The van der Waals surface area contributed by atoms with E-state index in [1.165, 1.54) is 30.4 Å². The summed E-state index contributed by atoms with van der Waals surface area (Å²) in [4.78, 5) is 7.90. The highest BCUT2D eigenvalue weighted by atomic mass is 35.5. The van der Waals surface area contributed by atoms with Gasteiger partial charge in [0.1, 0.15) is 5.82 Å². The number of hydrogen-bond acceptors (Lipinski definition) is 5. The Labute approximate surface area is 173 Å². The summed E-state index contributed by atoms with van der Waals surface area (Å²) in [6, 6.07) is 17.7. The zero-order valence-corrected chi connectivity index (χ0v) is 17.4. The number of aromatic nitrogens is 1. The summed E-state index contributed by atoms with van der Waals surface area (Å²) in [5, 5.41) is 2.82. The molecule has 4 rings (SSSR count). The van der Waals surface area contributed by atoms with Gasteiger partial charge in [-0.3, -0.25) is 4.90 Å². The molecule has 0 radical (unpaired) electrons. The van der Waals surface area contributed by atoms with Crippen molar-refractivity contribution in [2.45, 2.75) is 36.7 Å². The number of nitrogens with zero attached hydrogens (tertiary/aromatic N) is 2. The fourth-order valence-electron chi connectivity index (χ4n) is 3.55. The van der Waals surface area contributed by atoms with Crippen molar-refractivity contribution in [3.63, 3.8) is 0 Å². The Morgan fingerprint density at radius 3 is 2.85 bits per heavy atom. The van der Waals surface area contributed by atoms with Crippen LogP contribution < -0.4 is 4.72 Å². The van der Waals surface area contributed by atoms with Crippen LogP contribution in [-0.4, -0.2) is 16.4 Å². The maximum absolute atomic E-state index is 6.62. The number of nitrogens with one attached hydrogen (secondary N) is 1. The van der Waals surface area contributed by atoms with Gasteiger partial charge in [-0.05, 0) is 54.6 Å². The van der Waals surface area contributed by atoms with Crippen LogP contribution in [0.25, 0.3) is 0 Å². The lowest BCUT2D eigenvalue weighted by atomic mass is 9.94. The average molecular weight is 416 g/mol. The van der Waals surface area contributed by atoms with E-state index in [0.717, 1.165) is 28.8 Å². The van der Waals surface area contributed by atoms with Gasteiger partial charge < -0.3 is 4.72 Å². The van der Waals surface area contributed by atoms with Crippen molar-refractivity contribution in [2.75, 3.05) is 11.3 Å². The van der Waals surface area contributed by atoms with Crippen LogP contribution in [0.5, 0.6) is 0 Å². The molecule has 3 aromatic rings. The Morgan fingerprint density at radius 2 is 2.07 bits per heavy atom. The lowest BCUT2D eigenvalue weighted by Gasteiger charge is -2.36. The van der Waals surface area contributed by atoms with Crippen LogP contribution >= 0.6 is 34.9 Å². The van der Waals surface area contributed by atoms with E-state index in [2.05, 4.69) is 57.1 Å². The van der Waals surface area contributed by atoms with Crippen molar-refractivity contribution < 1.29 is 0 Å². The molecule has 0 aliphatic carbocycles. The summed E-state index contributed by atoms with van der Waals surface area (Å²) in [6.07, 6.45) is 3.77. The minimum absolute atomic E-state index is 0.483. The van der Waals surface area contributed by atoms with E-state index < -0.39 is 0 Å². The maximum Gasteiger partial charge on any atom is 0.147 e. The molecule has 140 valence electrons. The molecule has 6 heteroatoms. The monoisotopic (exact) mass is 415 g/mol. The first-order valence-electron chi connectivity index (χ1n) is 9.18. The molecule has 1 atom stereocenters. The molecule has 0 bridgehead atoms. The largest absolute Gasteiger partial charge is 0.310 e. The summed E-state index contributed by atoms with van der Waals surface area (Å²) in [5.74, 6) is 0.879. The molecule has 1 N–H and O–H groups in total. The van der Waals surface area contributed by atoms with E-state index in [4.69, 9.17) is 11.6 Å². The van der Waals surface area contributed by atoms with Crippen LogP contribution in [0.3, 0.4) is 0 Å². The summed E-state index contributed by atoms with van der Waals surface area (Å²) < 4.78 is 3.24. The van der Waals surface area contributed by atoms with Gasteiger partial charge in [0, 0.05) is 27.9 Å². The van der Waals surface area contributed by atoms with Crippen LogP contribution in [0.15, 0.2) is 64.3 Å². The lowest BCUT2D eigenvalue weighted by Crippen LogP contribution is -2.33. The molecule has 0 amide bonds. The molecule has 1 aliphatic heterocycles. The fraction of sp³-hybridized carbons (Fsp3) is 0.286. The van der Waals surface area contributed by atoms with Crippen molar-refractivity contribution in [1.29, 1.82) is 0 Å². The molecule has 1 unspecified atom stereocenters. The van der Waals surface area contributed by atoms with Crippen molar-refractivity contribution >= 4 is 40.7 Å². The maximum atomic E-state index is 6.62. The van der Waals surface area contributed by atoms with Crippen molar-refractivity contribution in [1.82, 2.24) is 9.88 Å². The van der Waals surface area contributed by atoms with Gasteiger partial charge in [-0.25, -0.2) is 4.98 Å². The minimum Gasteiger partial charge on any atom is -0.310 e. The van der Waals surface area contributed by atoms with E-state index in [0.29, 0.717) is 6.04 Å². The van der Waals surface area contributed by atoms with Crippen LogP contribution in [-0.2, 0) is 6.54 Å². The molecule has 27 heavy (non-hydrogen) atoms. The summed E-state index contributed by atoms with van der Waals surface area (Å²) in [6.45, 7) is 2.01. The molecular formula is C21H22ClN3S2. The number of halogens is 1. The van der Waals surface area contributed by atoms with E-state index >= 15 is 0 Å². The summed E-state index contributed by atoms with van der Waals surface area (Å²) in [5.41, 5.74) is 4.42. The van der Waals surface area contributed by atoms with Gasteiger partial charge in [-0.15, -0.1) is 11.3 Å². The number of rotatable bonds is 6. The Morgan fingerprint density at radius 1 is 1.19 bits per heavy atom. The third kappa shape index (κ3) is 4.85. The summed E-state index contributed by atoms with van der Waals surface area (Å²) in [7, 11) is 0. The predicted molar refractivity (Wildman–Crippen MR) is 116 cm³/mol. The number of likely N-dealkylation sites (tertiary alicyclic amines) is 1. The van der Waals surface area contributed by atoms with Gasteiger partial charge in [0.25, 0.3) is 0 Å². The smallest absolute Gasteiger partial charge is 0.147 e. The normalized spacial score (nSPS) is 17.7. The van der Waals surface area contributed by atoms with E-state index in [9.17, 15) is 0 Å². The third-order valence-electron chi connectivity index (χ3n) is 4.90. The molecule has 2 aromatic carbocycles. The molecule has 1 fully saturated rings. The van der Waals surface area contributed by atoms with Crippen LogP contribution in [0.1, 0.15) is 36.4 Å². The summed E-state index contributed by atoms with van der Waals surface area (Å²) >= 11 is 9.74. The number of piperidine rings is 1. The topological polar surface area (TPSA) is 28.2 Å². The Kier molecular flexibility index (Phi) is 6.35. The quantitative estimate of drug-likeness (QED) is 0.456. The molecular weight excluding hydrogens is 394 g/mol. The second-order valence-electron chi connectivity index (χ2n) is 6.72. The van der Waals surface area contributed by atoms with Gasteiger partial charge in [0.2, 0.25) is 0 Å². The van der Waals surface area contributed by atoms with Gasteiger partial charge in [0.05, 0.1) is 5.51 Å². The molecule has 3 nitrogen and oxygen atoms in total. The standard InChI is InChI=1S/C21H22ClN3S2/c22-19-12-18(27-24-21-14-26-15-23-21)10-9-17(19)13-25-11-5-4-8-20(25)16-6-2-1-3-7-16/h1-3,6-7,9-10,12,14-15,20,24H,4-5,8,11,13H2. The van der Waals surface area contributed by atoms with Crippen molar-refractivity contribution in [3.8, 4) is 0 Å². The van der Waals surface area contributed by atoms with Crippen LogP contribution in [0.4, 0.5) is 5.82 Å². The Balaban J connectivity index is 1.44. The first-order valence-corrected chi connectivity index (χ1v) is 11.3. The second-order valence-corrected chi connectivity index (χ2v) is 8.73. The first-order chi connectivity index (χ1) is 13.3. The molecule has 1 saturated heterocycles. The third-order valence-corrected chi connectivity index (χ3v) is 6.64. The zero-order chi connectivity index (χ0) is 18.5. The Hall–Kier alpha value is -1.53. The van der Waals surface area contributed by atoms with Gasteiger partial charge >= 0.3 is 0 Å². The minimum atomic E-state index is 0.483. The van der Waals surface area contributed by atoms with Crippen molar-refractivity contribution in [3.05, 3.63) is 75.6 Å². The molecule has 1 aliphatic rings.